The predicted molar refractivity (Wildman–Crippen MR) is 124 cm³/mol. The van der Waals surface area contributed by atoms with E-state index in [0.717, 1.165) is 17.1 Å². The SMILES string of the molecule is O=C(O)C1CN(Cc2cc3cc(OCc4ccc(-c5ccccc5)c(C(F)(F)F)c4)cnc3[nH]2)C1. The fraction of sp³-hybridized carbons (Fsp3) is 0.231. The number of alkyl halides is 3. The normalized spacial score (nSPS) is 14.7. The van der Waals surface area contributed by atoms with Crippen molar-refractivity contribution in [1.29, 1.82) is 0 Å². The minimum absolute atomic E-state index is 0.0348. The summed E-state index contributed by atoms with van der Waals surface area (Å²) in [5.41, 5.74) is 1.89. The number of aromatic nitrogens is 2. The summed E-state index contributed by atoms with van der Waals surface area (Å²) in [5.74, 6) is -0.658. The number of hydrogen-bond acceptors (Lipinski definition) is 4. The third-order valence-electron chi connectivity index (χ3n) is 6.08. The molecule has 0 radical (unpaired) electrons. The zero-order chi connectivity index (χ0) is 24.6. The number of carbonyl (C=O) groups is 1. The lowest BCUT2D eigenvalue weighted by Gasteiger charge is -2.36. The third kappa shape index (κ3) is 5.00. The molecule has 0 atom stereocenters. The summed E-state index contributed by atoms with van der Waals surface area (Å²) >= 11 is 0. The van der Waals surface area contributed by atoms with Gasteiger partial charge in [-0.15, -0.1) is 0 Å². The molecule has 1 saturated heterocycles. The van der Waals surface area contributed by atoms with Crippen LogP contribution in [0.4, 0.5) is 13.2 Å². The van der Waals surface area contributed by atoms with E-state index in [1.807, 2.05) is 11.0 Å². The molecule has 35 heavy (non-hydrogen) atoms. The number of aliphatic carboxylic acids is 1. The second kappa shape index (κ2) is 9.07. The van der Waals surface area contributed by atoms with E-state index in [4.69, 9.17) is 9.84 Å². The van der Waals surface area contributed by atoms with E-state index in [1.165, 1.54) is 12.3 Å². The van der Waals surface area contributed by atoms with Crippen molar-refractivity contribution in [2.45, 2.75) is 19.3 Å². The monoisotopic (exact) mass is 481 g/mol. The quantitative estimate of drug-likeness (QED) is 0.372. The molecule has 6 nitrogen and oxygen atoms in total. The number of rotatable bonds is 7. The topological polar surface area (TPSA) is 78.4 Å². The summed E-state index contributed by atoms with van der Waals surface area (Å²) in [5, 5.41) is 9.81. The van der Waals surface area contributed by atoms with Gasteiger partial charge < -0.3 is 14.8 Å². The fourth-order valence-corrected chi connectivity index (χ4v) is 4.26. The first-order valence-corrected chi connectivity index (χ1v) is 11.1. The molecular weight excluding hydrogens is 459 g/mol. The van der Waals surface area contributed by atoms with Gasteiger partial charge in [-0.3, -0.25) is 9.69 Å². The van der Waals surface area contributed by atoms with E-state index < -0.39 is 17.7 Å². The Bertz CT molecular complexity index is 1360. The summed E-state index contributed by atoms with van der Waals surface area (Å²) in [7, 11) is 0. The zero-order valence-corrected chi connectivity index (χ0v) is 18.5. The van der Waals surface area contributed by atoms with Crippen LogP contribution in [0.15, 0.2) is 66.9 Å². The van der Waals surface area contributed by atoms with Crippen molar-refractivity contribution in [3.8, 4) is 16.9 Å². The van der Waals surface area contributed by atoms with Crippen LogP contribution < -0.4 is 4.74 Å². The van der Waals surface area contributed by atoms with Gasteiger partial charge in [0, 0.05) is 30.7 Å². The van der Waals surface area contributed by atoms with Crippen molar-refractivity contribution in [1.82, 2.24) is 14.9 Å². The first kappa shape index (κ1) is 22.9. The van der Waals surface area contributed by atoms with Gasteiger partial charge >= 0.3 is 12.1 Å². The number of fused-ring (bicyclic) bond motifs is 1. The second-order valence-corrected chi connectivity index (χ2v) is 8.67. The molecule has 9 heteroatoms. The van der Waals surface area contributed by atoms with Gasteiger partial charge in [-0.25, -0.2) is 4.98 Å². The van der Waals surface area contributed by atoms with Crippen LogP contribution >= 0.6 is 0 Å². The first-order chi connectivity index (χ1) is 16.8. The Morgan fingerprint density at radius 3 is 2.60 bits per heavy atom. The Morgan fingerprint density at radius 1 is 1.11 bits per heavy atom. The van der Waals surface area contributed by atoms with Gasteiger partial charge in [-0.2, -0.15) is 13.2 Å². The third-order valence-corrected chi connectivity index (χ3v) is 6.08. The van der Waals surface area contributed by atoms with Crippen molar-refractivity contribution < 1.29 is 27.8 Å². The molecule has 0 aliphatic carbocycles. The van der Waals surface area contributed by atoms with E-state index in [9.17, 15) is 18.0 Å². The maximum Gasteiger partial charge on any atom is 0.417 e. The van der Waals surface area contributed by atoms with Gasteiger partial charge in [0.1, 0.15) is 18.0 Å². The molecule has 2 N–H and O–H groups in total. The van der Waals surface area contributed by atoms with Gasteiger partial charge in [0.2, 0.25) is 0 Å². The largest absolute Gasteiger partial charge is 0.487 e. The number of nitrogens with zero attached hydrogens (tertiary/aromatic N) is 2. The fourth-order valence-electron chi connectivity index (χ4n) is 4.26. The highest BCUT2D eigenvalue weighted by Gasteiger charge is 2.34. The number of halogens is 3. The molecule has 3 heterocycles. The first-order valence-electron chi connectivity index (χ1n) is 11.1. The Morgan fingerprint density at radius 2 is 1.89 bits per heavy atom. The van der Waals surface area contributed by atoms with Crippen LogP contribution in [-0.2, 0) is 24.1 Å². The Labute approximate surface area is 199 Å². The highest BCUT2D eigenvalue weighted by atomic mass is 19.4. The molecule has 180 valence electrons. The molecule has 5 rings (SSSR count). The number of aromatic amines is 1. The number of pyridine rings is 1. The van der Waals surface area contributed by atoms with Gasteiger partial charge in [0.25, 0.3) is 0 Å². The molecule has 1 aliphatic rings. The van der Waals surface area contributed by atoms with E-state index in [1.54, 1.807) is 42.5 Å². The summed E-state index contributed by atoms with van der Waals surface area (Å²) in [6.07, 6.45) is -2.97. The number of H-pyrrole nitrogens is 1. The number of likely N-dealkylation sites (tertiary alicyclic amines) is 1. The van der Waals surface area contributed by atoms with Crippen LogP contribution in [-0.4, -0.2) is 39.0 Å². The smallest absolute Gasteiger partial charge is 0.417 e. The van der Waals surface area contributed by atoms with E-state index in [2.05, 4.69) is 9.97 Å². The van der Waals surface area contributed by atoms with E-state index in [-0.39, 0.29) is 18.1 Å². The van der Waals surface area contributed by atoms with Gasteiger partial charge in [0.15, 0.2) is 0 Å². The number of carboxylic acids is 1. The predicted octanol–water partition coefficient (Wildman–Crippen LogP) is 5.34. The summed E-state index contributed by atoms with van der Waals surface area (Å²) in [6.45, 7) is 1.57. The molecule has 1 fully saturated rings. The molecule has 1 aliphatic heterocycles. The molecule has 0 bridgehead atoms. The number of carboxylic acid groups (broad SMARTS) is 1. The second-order valence-electron chi connectivity index (χ2n) is 8.67. The highest BCUT2D eigenvalue weighted by molar-refractivity contribution is 5.78. The van der Waals surface area contributed by atoms with Crippen LogP contribution in [0, 0.1) is 5.92 Å². The van der Waals surface area contributed by atoms with E-state index in [0.29, 0.717) is 42.2 Å². The van der Waals surface area contributed by atoms with Crippen molar-refractivity contribution in [3.05, 3.63) is 83.7 Å². The standard InChI is InChI=1S/C26H22F3N3O3/c27-26(28,29)23-8-16(6-7-22(23)17-4-2-1-3-5-17)15-35-21-10-18-9-20(31-24(18)30-11-21)14-32-12-19(13-32)25(33)34/h1-11,19H,12-15H2,(H,30,31)(H,33,34). The number of benzene rings is 2. The van der Waals surface area contributed by atoms with Crippen LogP contribution in [0.3, 0.4) is 0 Å². The molecule has 0 spiro atoms. The molecule has 2 aromatic heterocycles. The Kier molecular flexibility index (Phi) is 5.94. The lowest BCUT2D eigenvalue weighted by atomic mass is 9.97. The van der Waals surface area contributed by atoms with Crippen molar-refractivity contribution in [3.63, 3.8) is 0 Å². The number of ether oxygens (including phenoxy) is 1. The summed E-state index contributed by atoms with van der Waals surface area (Å²) in [6, 6.07) is 16.4. The number of nitrogens with one attached hydrogen (secondary N) is 1. The summed E-state index contributed by atoms with van der Waals surface area (Å²) in [4.78, 5) is 20.5. The minimum Gasteiger partial charge on any atom is -0.487 e. The molecule has 2 aromatic carbocycles. The van der Waals surface area contributed by atoms with Crippen molar-refractivity contribution >= 4 is 17.0 Å². The maximum absolute atomic E-state index is 13.7. The summed E-state index contributed by atoms with van der Waals surface area (Å²) < 4.78 is 47.0. The van der Waals surface area contributed by atoms with Gasteiger partial charge in [-0.05, 0) is 34.9 Å². The zero-order valence-electron chi connectivity index (χ0n) is 18.5. The molecule has 4 aromatic rings. The highest BCUT2D eigenvalue weighted by Crippen LogP contribution is 2.38. The van der Waals surface area contributed by atoms with E-state index >= 15 is 0 Å². The molecule has 0 saturated carbocycles. The minimum atomic E-state index is -4.50. The lowest BCUT2D eigenvalue weighted by Crippen LogP contribution is -2.49. The van der Waals surface area contributed by atoms with Gasteiger partial charge in [-0.1, -0.05) is 42.5 Å². The lowest BCUT2D eigenvalue weighted by molar-refractivity contribution is -0.147. The van der Waals surface area contributed by atoms with Crippen molar-refractivity contribution in [2.75, 3.05) is 13.1 Å². The maximum atomic E-state index is 13.7. The molecule has 0 unspecified atom stereocenters. The van der Waals surface area contributed by atoms with Crippen LogP contribution in [0.1, 0.15) is 16.8 Å². The Hall–Kier alpha value is -3.85. The average Bonchev–Trinajstić information content (AvgIpc) is 3.21. The van der Waals surface area contributed by atoms with Crippen LogP contribution in [0.2, 0.25) is 0 Å². The molecular formula is C26H22F3N3O3. The number of hydrogen-bond donors (Lipinski definition) is 2. The average molecular weight is 481 g/mol. The van der Waals surface area contributed by atoms with Crippen LogP contribution in [0.5, 0.6) is 5.75 Å². The molecule has 0 amide bonds. The van der Waals surface area contributed by atoms with Crippen molar-refractivity contribution in [2.24, 2.45) is 5.92 Å². The van der Waals surface area contributed by atoms with Gasteiger partial charge in [0.05, 0.1) is 17.7 Å². The Balaban J connectivity index is 1.28. The van der Waals surface area contributed by atoms with Crippen LogP contribution in [0.25, 0.3) is 22.2 Å².